The first-order valence-electron chi connectivity index (χ1n) is 6.62. The molecule has 0 saturated carbocycles. The van der Waals surface area contributed by atoms with Crippen LogP contribution in [0, 0.1) is 0 Å². The van der Waals surface area contributed by atoms with E-state index in [1.54, 1.807) is 13.8 Å². The smallest absolute Gasteiger partial charge is 0.274 e. The van der Waals surface area contributed by atoms with Crippen LogP contribution in [0.4, 0.5) is 0 Å². The molecule has 0 aliphatic rings. The Morgan fingerprint density at radius 2 is 1.40 bits per heavy atom. The van der Waals surface area contributed by atoms with Crippen LogP contribution < -0.4 is 10.6 Å². The second-order valence-corrected chi connectivity index (χ2v) is 7.15. The number of carbonyl (C=O) groups excluding carboxylic acids is 2. The number of carbonyl (C=O) groups is 2. The van der Waals surface area contributed by atoms with Crippen molar-refractivity contribution in [3.63, 3.8) is 0 Å². The molecule has 0 aromatic carbocycles. The Hall–Kier alpha value is -1.15. The highest BCUT2D eigenvalue weighted by Gasteiger charge is 2.42. The van der Waals surface area contributed by atoms with Crippen molar-refractivity contribution in [3.8, 4) is 0 Å². The van der Waals surface area contributed by atoms with Gasteiger partial charge in [-0.05, 0) is 26.7 Å². The van der Waals surface area contributed by atoms with Gasteiger partial charge >= 0.3 is 0 Å². The summed E-state index contributed by atoms with van der Waals surface area (Å²) in [6.45, 7) is 6.09. The van der Waals surface area contributed by atoms with Crippen molar-refractivity contribution >= 4 is 21.9 Å². The lowest BCUT2D eigenvalue weighted by Gasteiger charge is -2.32. The van der Waals surface area contributed by atoms with Crippen LogP contribution in [0.25, 0.3) is 0 Å². The van der Waals surface area contributed by atoms with Crippen molar-refractivity contribution in [3.05, 3.63) is 0 Å². The zero-order chi connectivity index (χ0) is 16.0. The van der Waals surface area contributed by atoms with E-state index in [4.69, 9.17) is 0 Å². The van der Waals surface area contributed by atoms with Crippen LogP contribution in [-0.4, -0.2) is 35.7 Å². The van der Waals surface area contributed by atoms with Gasteiger partial charge in [-0.25, -0.2) is 0 Å². The molecule has 20 heavy (non-hydrogen) atoms. The Labute approximate surface area is 120 Å². The fourth-order valence-electron chi connectivity index (χ4n) is 1.45. The SMILES string of the molecule is CCCC(=O)NC(NC(=O)CCC)C(C)(C)S(=O)(=O)O. The lowest BCUT2D eigenvalue weighted by Crippen LogP contribution is -2.61. The fourth-order valence-corrected chi connectivity index (χ4v) is 1.87. The van der Waals surface area contributed by atoms with Crippen molar-refractivity contribution in [2.24, 2.45) is 0 Å². The predicted octanol–water partition coefficient (Wildman–Crippen LogP) is 0.812. The number of hydrogen-bond acceptors (Lipinski definition) is 4. The van der Waals surface area contributed by atoms with Crippen LogP contribution in [0.2, 0.25) is 0 Å². The van der Waals surface area contributed by atoms with Gasteiger partial charge in [-0.2, -0.15) is 8.42 Å². The second kappa shape index (κ2) is 7.58. The highest BCUT2D eigenvalue weighted by atomic mass is 32.2. The molecule has 7 nitrogen and oxygen atoms in total. The fraction of sp³-hybridized carbons (Fsp3) is 0.833. The molecule has 2 amide bonds. The van der Waals surface area contributed by atoms with E-state index in [9.17, 15) is 22.6 Å². The first-order valence-corrected chi connectivity index (χ1v) is 8.06. The molecule has 0 saturated heterocycles. The molecule has 0 radical (unpaired) electrons. The van der Waals surface area contributed by atoms with Gasteiger partial charge in [0.05, 0.1) is 0 Å². The summed E-state index contributed by atoms with van der Waals surface area (Å²) in [6, 6.07) is 0. The Morgan fingerprint density at radius 1 is 1.05 bits per heavy atom. The summed E-state index contributed by atoms with van der Waals surface area (Å²) >= 11 is 0. The summed E-state index contributed by atoms with van der Waals surface area (Å²) in [4.78, 5) is 23.3. The van der Waals surface area contributed by atoms with E-state index in [0.29, 0.717) is 12.8 Å². The molecule has 0 aromatic rings. The highest BCUT2D eigenvalue weighted by molar-refractivity contribution is 7.87. The Kier molecular flexibility index (Phi) is 7.15. The molecule has 0 bridgehead atoms. The van der Waals surface area contributed by atoms with E-state index in [2.05, 4.69) is 10.6 Å². The summed E-state index contributed by atoms with van der Waals surface area (Å²) in [5.74, 6) is -0.767. The molecule has 8 heteroatoms. The second-order valence-electron chi connectivity index (χ2n) is 5.15. The average molecular weight is 308 g/mol. The standard InChI is InChI=1S/C12H24N2O5S/c1-5-7-9(15)13-11(14-10(16)8-6-2)12(3,4)20(17,18)19/h11H,5-8H2,1-4H3,(H,13,15)(H,14,16)(H,17,18,19). The van der Waals surface area contributed by atoms with E-state index in [-0.39, 0.29) is 24.7 Å². The lowest BCUT2D eigenvalue weighted by atomic mass is 10.1. The van der Waals surface area contributed by atoms with Gasteiger partial charge in [-0.3, -0.25) is 14.1 Å². The summed E-state index contributed by atoms with van der Waals surface area (Å²) in [5.41, 5.74) is 0. The van der Waals surface area contributed by atoms with E-state index in [1.165, 1.54) is 13.8 Å². The molecule has 0 heterocycles. The first kappa shape index (κ1) is 18.9. The van der Waals surface area contributed by atoms with Crippen molar-refractivity contribution in [1.29, 1.82) is 0 Å². The molecule has 0 spiro atoms. The Balaban J connectivity index is 5.16. The van der Waals surface area contributed by atoms with Gasteiger partial charge in [0.1, 0.15) is 10.9 Å². The minimum atomic E-state index is -4.45. The van der Waals surface area contributed by atoms with Gasteiger partial charge in [0, 0.05) is 12.8 Å². The predicted molar refractivity (Wildman–Crippen MR) is 75.5 cm³/mol. The third kappa shape index (κ3) is 5.46. The molecule has 0 unspecified atom stereocenters. The zero-order valence-corrected chi connectivity index (χ0v) is 13.2. The van der Waals surface area contributed by atoms with Gasteiger partial charge in [0.2, 0.25) is 11.8 Å². The maximum absolute atomic E-state index is 11.6. The maximum atomic E-state index is 11.6. The summed E-state index contributed by atoms with van der Waals surface area (Å²) < 4.78 is 30.4. The maximum Gasteiger partial charge on any atom is 0.274 e. The lowest BCUT2D eigenvalue weighted by molar-refractivity contribution is -0.124. The van der Waals surface area contributed by atoms with Gasteiger partial charge in [0.25, 0.3) is 10.1 Å². The normalized spacial score (nSPS) is 12.3. The molecule has 0 aromatic heterocycles. The molecule has 0 aliphatic heterocycles. The number of amides is 2. The Bertz CT molecular complexity index is 425. The summed E-state index contributed by atoms with van der Waals surface area (Å²) in [6.07, 6.45) is 0.417. The molecule has 0 fully saturated rings. The highest BCUT2D eigenvalue weighted by Crippen LogP contribution is 2.19. The average Bonchev–Trinajstić information content (AvgIpc) is 2.27. The van der Waals surface area contributed by atoms with E-state index in [0.717, 1.165) is 0 Å². The first-order chi connectivity index (χ1) is 9.06. The minimum absolute atomic E-state index is 0.210. The molecular weight excluding hydrogens is 284 g/mol. The van der Waals surface area contributed by atoms with Gasteiger partial charge < -0.3 is 10.6 Å². The zero-order valence-electron chi connectivity index (χ0n) is 12.4. The molecule has 0 rings (SSSR count). The van der Waals surface area contributed by atoms with E-state index in [1.807, 2.05) is 0 Å². The van der Waals surface area contributed by atoms with Gasteiger partial charge in [-0.15, -0.1) is 0 Å². The summed E-state index contributed by atoms with van der Waals surface area (Å²) in [7, 11) is -4.45. The quantitative estimate of drug-likeness (QED) is 0.454. The third-order valence-electron chi connectivity index (χ3n) is 2.92. The van der Waals surface area contributed by atoms with Crippen LogP contribution in [0.1, 0.15) is 53.4 Å². The van der Waals surface area contributed by atoms with Crippen LogP contribution >= 0.6 is 0 Å². The third-order valence-corrected chi connectivity index (χ3v) is 4.49. The number of nitrogens with one attached hydrogen (secondary N) is 2. The van der Waals surface area contributed by atoms with Crippen molar-refractivity contribution < 1.29 is 22.6 Å². The minimum Gasteiger partial charge on any atom is -0.334 e. The summed E-state index contributed by atoms with van der Waals surface area (Å²) in [5, 5.41) is 4.89. The topological polar surface area (TPSA) is 113 Å². The van der Waals surface area contributed by atoms with Crippen LogP contribution in [0.3, 0.4) is 0 Å². The van der Waals surface area contributed by atoms with Crippen molar-refractivity contribution in [2.45, 2.75) is 64.3 Å². The van der Waals surface area contributed by atoms with Crippen LogP contribution in [0.15, 0.2) is 0 Å². The number of rotatable bonds is 8. The van der Waals surface area contributed by atoms with Crippen LogP contribution in [0.5, 0.6) is 0 Å². The van der Waals surface area contributed by atoms with E-state index < -0.39 is 21.0 Å². The Morgan fingerprint density at radius 3 is 1.65 bits per heavy atom. The van der Waals surface area contributed by atoms with Gasteiger partial charge in [-0.1, -0.05) is 13.8 Å². The van der Waals surface area contributed by atoms with Crippen molar-refractivity contribution in [2.75, 3.05) is 0 Å². The number of hydrogen-bond donors (Lipinski definition) is 3. The monoisotopic (exact) mass is 308 g/mol. The van der Waals surface area contributed by atoms with Gasteiger partial charge in [0.15, 0.2) is 0 Å². The molecular formula is C12H24N2O5S. The van der Waals surface area contributed by atoms with Crippen LogP contribution in [-0.2, 0) is 19.7 Å². The molecule has 118 valence electrons. The largest absolute Gasteiger partial charge is 0.334 e. The van der Waals surface area contributed by atoms with E-state index >= 15 is 0 Å². The molecule has 0 atom stereocenters. The molecule has 0 aliphatic carbocycles. The van der Waals surface area contributed by atoms with Crippen molar-refractivity contribution in [1.82, 2.24) is 10.6 Å². The molecule has 3 N–H and O–H groups in total.